The van der Waals surface area contributed by atoms with E-state index in [1.807, 2.05) is 0 Å². The van der Waals surface area contributed by atoms with Gasteiger partial charge in [0.25, 0.3) is 5.91 Å². The second-order valence-electron chi connectivity index (χ2n) is 6.88. The number of rotatable bonds is 3. The zero-order valence-corrected chi connectivity index (χ0v) is 13.6. The van der Waals surface area contributed by atoms with Gasteiger partial charge in [0.15, 0.2) is 5.76 Å². The highest BCUT2D eigenvalue weighted by molar-refractivity contribution is 5.93. The lowest BCUT2D eigenvalue weighted by Gasteiger charge is -2.22. The molecule has 2 heterocycles. The van der Waals surface area contributed by atoms with Gasteiger partial charge in [-0.25, -0.2) is 4.39 Å². The van der Waals surface area contributed by atoms with Gasteiger partial charge in [-0.05, 0) is 43.0 Å². The Morgan fingerprint density at radius 3 is 2.76 bits per heavy atom. The fraction of sp³-hybridized carbons (Fsp3) is 0.368. The molecular weight excluding hydrogens is 325 g/mol. The van der Waals surface area contributed by atoms with Gasteiger partial charge in [0, 0.05) is 13.1 Å². The van der Waals surface area contributed by atoms with Crippen LogP contribution in [0, 0.1) is 17.2 Å². The Balaban J connectivity index is 1.57. The zero-order valence-electron chi connectivity index (χ0n) is 13.6. The van der Waals surface area contributed by atoms with Crippen molar-refractivity contribution in [1.29, 1.82) is 0 Å². The van der Waals surface area contributed by atoms with Gasteiger partial charge < -0.3 is 14.4 Å². The number of nitrogens with zero attached hydrogens (tertiary/aromatic N) is 1. The Morgan fingerprint density at radius 2 is 2.04 bits per heavy atom. The van der Waals surface area contributed by atoms with Crippen molar-refractivity contribution < 1.29 is 23.5 Å². The third-order valence-electron chi connectivity index (χ3n) is 5.54. The number of aliphatic carboxylic acids is 1. The van der Waals surface area contributed by atoms with Crippen LogP contribution in [0.5, 0.6) is 0 Å². The SMILES string of the molecule is O=C(c1ccc(-c2ccccc2F)o1)N1C[C@@H]2CCC[C@@]2(C(=O)O)C1. The highest BCUT2D eigenvalue weighted by atomic mass is 19.1. The van der Waals surface area contributed by atoms with Gasteiger partial charge in [-0.2, -0.15) is 0 Å². The van der Waals surface area contributed by atoms with E-state index in [0.717, 1.165) is 12.8 Å². The first-order valence-corrected chi connectivity index (χ1v) is 8.39. The lowest BCUT2D eigenvalue weighted by atomic mass is 9.81. The molecule has 1 N–H and O–H groups in total. The average molecular weight is 343 g/mol. The number of furan rings is 1. The van der Waals surface area contributed by atoms with Crippen LogP contribution in [0.4, 0.5) is 4.39 Å². The number of hydrogen-bond donors (Lipinski definition) is 1. The second-order valence-corrected chi connectivity index (χ2v) is 6.88. The molecule has 1 aliphatic heterocycles. The average Bonchev–Trinajstić information content (AvgIpc) is 3.28. The minimum Gasteiger partial charge on any atom is -0.481 e. The lowest BCUT2D eigenvalue weighted by molar-refractivity contribution is -0.149. The molecular formula is C19H18FNO4. The smallest absolute Gasteiger partial charge is 0.311 e. The molecule has 0 bridgehead atoms. The summed E-state index contributed by atoms with van der Waals surface area (Å²) in [6, 6.07) is 9.28. The van der Waals surface area contributed by atoms with Gasteiger partial charge in [0.1, 0.15) is 11.6 Å². The Morgan fingerprint density at radius 1 is 1.24 bits per heavy atom. The molecule has 1 aliphatic carbocycles. The first-order valence-electron chi connectivity index (χ1n) is 8.39. The second kappa shape index (κ2) is 5.72. The van der Waals surface area contributed by atoms with Crippen LogP contribution in [0.15, 0.2) is 40.8 Å². The van der Waals surface area contributed by atoms with Crippen molar-refractivity contribution in [1.82, 2.24) is 4.90 Å². The van der Waals surface area contributed by atoms with Crippen LogP contribution in [0.2, 0.25) is 0 Å². The van der Waals surface area contributed by atoms with Crippen LogP contribution in [-0.4, -0.2) is 35.0 Å². The number of carbonyl (C=O) groups excluding carboxylic acids is 1. The summed E-state index contributed by atoms with van der Waals surface area (Å²) in [5, 5.41) is 9.62. The van der Waals surface area contributed by atoms with Crippen molar-refractivity contribution in [2.24, 2.45) is 11.3 Å². The molecule has 5 nitrogen and oxygen atoms in total. The van der Waals surface area contributed by atoms with E-state index in [-0.39, 0.29) is 29.9 Å². The van der Waals surface area contributed by atoms with Gasteiger partial charge in [-0.3, -0.25) is 9.59 Å². The molecule has 0 unspecified atom stereocenters. The van der Waals surface area contributed by atoms with Gasteiger partial charge in [0.05, 0.1) is 11.0 Å². The van der Waals surface area contributed by atoms with Gasteiger partial charge in [-0.15, -0.1) is 0 Å². The molecule has 2 aromatic rings. The third-order valence-corrected chi connectivity index (χ3v) is 5.54. The van der Waals surface area contributed by atoms with Crippen LogP contribution in [-0.2, 0) is 4.79 Å². The molecule has 1 amide bonds. The Bertz CT molecular complexity index is 845. The summed E-state index contributed by atoms with van der Waals surface area (Å²) >= 11 is 0. The zero-order chi connectivity index (χ0) is 17.6. The first-order chi connectivity index (χ1) is 12.0. The van der Waals surface area contributed by atoms with Crippen molar-refractivity contribution in [3.8, 4) is 11.3 Å². The molecule has 1 saturated carbocycles. The summed E-state index contributed by atoms with van der Waals surface area (Å²) in [6.07, 6.45) is 2.32. The molecule has 25 heavy (non-hydrogen) atoms. The summed E-state index contributed by atoms with van der Waals surface area (Å²) in [5.41, 5.74) is -0.529. The number of fused-ring (bicyclic) bond motifs is 1. The van der Waals surface area contributed by atoms with E-state index in [0.29, 0.717) is 18.5 Å². The number of carboxylic acid groups (broad SMARTS) is 1. The first kappa shape index (κ1) is 15.9. The fourth-order valence-corrected chi connectivity index (χ4v) is 4.21. The van der Waals surface area contributed by atoms with Crippen LogP contribution < -0.4 is 0 Å². The maximum absolute atomic E-state index is 13.9. The van der Waals surface area contributed by atoms with E-state index in [1.54, 1.807) is 29.2 Å². The Hall–Kier alpha value is -2.63. The molecule has 1 saturated heterocycles. The normalized spacial score (nSPS) is 25.2. The van der Waals surface area contributed by atoms with E-state index in [2.05, 4.69) is 0 Å². The maximum Gasteiger partial charge on any atom is 0.311 e. The standard InChI is InChI=1S/C19H18FNO4/c20-14-6-2-1-5-13(14)15-7-8-16(25-15)17(22)21-10-12-4-3-9-19(12,11-21)18(23)24/h1-2,5-8,12H,3-4,9-11H2,(H,23,24)/t12-,19+/m0/s1. The highest BCUT2D eigenvalue weighted by Gasteiger charge is 2.56. The molecule has 2 atom stereocenters. The van der Waals surface area contributed by atoms with Gasteiger partial charge >= 0.3 is 5.97 Å². The maximum atomic E-state index is 13.9. The van der Waals surface area contributed by atoms with Crippen molar-refractivity contribution in [3.63, 3.8) is 0 Å². The number of carboxylic acids is 1. The van der Waals surface area contributed by atoms with E-state index in [4.69, 9.17) is 4.42 Å². The van der Waals surface area contributed by atoms with Gasteiger partial charge in [-0.1, -0.05) is 18.6 Å². The van der Waals surface area contributed by atoms with Crippen molar-refractivity contribution in [2.45, 2.75) is 19.3 Å². The Labute approximate surface area is 144 Å². The molecule has 1 aromatic carbocycles. The van der Waals surface area contributed by atoms with Crippen molar-refractivity contribution >= 4 is 11.9 Å². The topological polar surface area (TPSA) is 70.8 Å². The van der Waals surface area contributed by atoms with Gasteiger partial charge in [0.2, 0.25) is 0 Å². The monoisotopic (exact) mass is 343 g/mol. The minimum atomic E-state index is -0.823. The fourth-order valence-electron chi connectivity index (χ4n) is 4.21. The van der Waals surface area contributed by atoms with E-state index >= 15 is 0 Å². The lowest BCUT2D eigenvalue weighted by Crippen LogP contribution is -2.37. The Kier molecular flexibility index (Phi) is 3.63. The molecule has 0 spiro atoms. The van der Waals surface area contributed by atoms with Crippen molar-refractivity contribution in [2.75, 3.05) is 13.1 Å². The molecule has 2 fully saturated rings. The van der Waals surface area contributed by atoms with E-state index in [1.165, 1.54) is 12.1 Å². The predicted octanol–water partition coefficient (Wildman–Crippen LogP) is 3.41. The molecule has 0 radical (unpaired) electrons. The molecule has 6 heteroatoms. The summed E-state index contributed by atoms with van der Waals surface area (Å²) < 4.78 is 19.4. The van der Waals surface area contributed by atoms with Crippen LogP contribution >= 0.6 is 0 Å². The third kappa shape index (κ3) is 2.44. The number of likely N-dealkylation sites (tertiary alicyclic amines) is 1. The van der Waals surface area contributed by atoms with Crippen LogP contribution in [0.3, 0.4) is 0 Å². The van der Waals surface area contributed by atoms with E-state index < -0.39 is 17.2 Å². The van der Waals surface area contributed by atoms with Crippen molar-refractivity contribution in [3.05, 3.63) is 48.0 Å². The minimum absolute atomic E-state index is 0.00468. The summed E-state index contributed by atoms with van der Waals surface area (Å²) in [5.74, 6) is -1.19. The summed E-state index contributed by atoms with van der Waals surface area (Å²) in [4.78, 5) is 26.0. The number of amides is 1. The summed E-state index contributed by atoms with van der Waals surface area (Å²) in [7, 11) is 0. The number of benzene rings is 1. The summed E-state index contributed by atoms with van der Waals surface area (Å²) in [6.45, 7) is 0.641. The number of halogens is 1. The quantitative estimate of drug-likeness (QED) is 0.927. The largest absolute Gasteiger partial charge is 0.481 e. The van der Waals surface area contributed by atoms with Crippen LogP contribution in [0.25, 0.3) is 11.3 Å². The molecule has 2 aliphatic rings. The van der Waals surface area contributed by atoms with Crippen LogP contribution in [0.1, 0.15) is 29.8 Å². The molecule has 130 valence electrons. The molecule has 4 rings (SSSR count). The van der Waals surface area contributed by atoms with E-state index in [9.17, 15) is 19.1 Å². The predicted molar refractivity (Wildman–Crippen MR) is 87.4 cm³/mol. The highest BCUT2D eigenvalue weighted by Crippen LogP contribution is 2.49. The molecule has 1 aromatic heterocycles. The number of hydrogen-bond acceptors (Lipinski definition) is 3. The number of carbonyl (C=O) groups is 2.